The van der Waals surface area contributed by atoms with Crippen LogP contribution in [0.1, 0.15) is 37.7 Å². The van der Waals surface area contributed by atoms with Crippen molar-refractivity contribution in [1.82, 2.24) is 5.32 Å². The van der Waals surface area contributed by atoms with Gasteiger partial charge in [0.2, 0.25) is 5.91 Å². The van der Waals surface area contributed by atoms with Crippen molar-refractivity contribution in [3.8, 4) is 0 Å². The number of hydrogen-bond donors (Lipinski definition) is 1. The fraction of sp³-hybridized carbons (Fsp3) is 0.562. The molecule has 3 nitrogen and oxygen atoms in total. The third kappa shape index (κ3) is 2.81. The first-order valence-electron chi connectivity index (χ1n) is 7.46. The van der Waals surface area contributed by atoms with Crippen molar-refractivity contribution >= 4 is 11.6 Å². The number of amides is 1. The highest BCUT2D eigenvalue weighted by atomic mass is 16.2. The summed E-state index contributed by atoms with van der Waals surface area (Å²) in [6, 6.07) is 8.71. The zero-order chi connectivity index (χ0) is 13.1. The Balaban J connectivity index is 1.70. The van der Waals surface area contributed by atoms with Crippen molar-refractivity contribution in [1.29, 1.82) is 0 Å². The highest BCUT2D eigenvalue weighted by molar-refractivity contribution is 5.94. The van der Waals surface area contributed by atoms with Crippen LogP contribution in [0.25, 0.3) is 0 Å². The number of para-hydroxylation sites is 1. The highest BCUT2D eigenvalue weighted by Gasteiger charge is 2.25. The fourth-order valence-electron chi connectivity index (χ4n) is 3.21. The number of nitrogens with one attached hydrogen (secondary N) is 1. The second-order valence-corrected chi connectivity index (χ2v) is 5.63. The first kappa shape index (κ1) is 12.7. The van der Waals surface area contributed by atoms with Gasteiger partial charge >= 0.3 is 0 Å². The minimum atomic E-state index is 0.284. The summed E-state index contributed by atoms with van der Waals surface area (Å²) in [4.78, 5) is 14.5. The van der Waals surface area contributed by atoms with Gasteiger partial charge in [-0.15, -0.1) is 0 Å². The molecule has 3 heteroatoms. The number of piperidine rings is 1. The van der Waals surface area contributed by atoms with E-state index in [9.17, 15) is 4.79 Å². The molecule has 1 aromatic carbocycles. The quantitative estimate of drug-likeness (QED) is 0.884. The number of rotatable bonds is 2. The van der Waals surface area contributed by atoms with Crippen molar-refractivity contribution in [2.75, 3.05) is 18.0 Å². The molecule has 3 rings (SSSR count). The highest BCUT2D eigenvalue weighted by Crippen LogP contribution is 2.27. The first-order chi connectivity index (χ1) is 9.34. The third-order valence-corrected chi connectivity index (χ3v) is 4.24. The van der Waals surface area contributed by atoms with Crippen LogP contribution >= 0.6 is 0 Å². The molecule has 19 heavy (non-hydrogen) atoms. The number of fused-ring (bicyclic) bond motifs is 1. The molecule has 1 N–H and O–H groups in total. The molecule has 1 saturated heterocycles. The molecule has 2 aliphatic heterocycles. The van der Waals surface area contributed by atoms with Crippen LogP contribution in [0, 0.1) is 0 Å². The van der Waals surface area contributed by atoms with Crippen molar-refractivity contribution < 1.29 is 4.79 Å². The largest absolute Gasteiger partial charge is 0.313 e. The van der Waals surface area contributed by atoms with Crippen LogP contribution in [-0.4, -0.2) is 25.0 Å². The Bertz CT molecular complexity index is 452. The number of carbonyl (C=O) groups excluding carboxylic acids is 1. The summed E-state index contributed by atoms with van der Waals surface area (Å²) in [7, 11) is 0. The summed E-state index contributed by atoms with van der Waals surface area (Å²) < 4.78 is 0. The Hall–Kier alpha value is -1.35. The van der Waals surface area contributed by atoms with E-state index in [1.54, 1.807) is 0 Å². The van der Waals surface area contributed by atoms with Gasteiger partial charge in [-0.05, 0) is 43.9 Å². The van der Waals surface area contributed by atoms with Crippen LogP contribution in [0.15, 0.2) is 24.3 Å². The van der Waals surface area contributed by atoms with E-state index < -0.39 is 0 Å². The minimum absolute atomic E-state index is 0.284. The van der Waals surface area contributed by atoms with E-state index in [4.69, 9.17) is 0 Å². The Morgan fingerprint density at radius 3 is 3.00 bits per heavy atom. The van der Waals surface area contributed by atoms with Gasteiger partial charge in [0.05, 0.1) is 0 Å². The lowest BCUT2D eigenvalue weighted by Gasteiger charge is -2.31. The number of carbonyl (C=O) groups is 1. The molecule has 1 unspecified atom stereocenters. The van der Waals surface area contributed by atoms with E-state index in [1.165, 1.54) is 18.4 Å². The summed E-state index contributed by atoms with van der Waals surface area (Å²) in [5.74, 6) is 0.284. The van der Waals surface area contributed by atoms with Gasteiger partial charge in [-0.2, -0.15) is 0 Å². The van der Waals surface area contributed by atoms with Crippen LogP contribution in [0.2, 0.25) is 0 Å². The lowest BCUT2D eigenvalue weighted by molar-refractivity contribution is -0.119. The molecule has 1 amide bonds. The van der Waals surface area contributed by atoms with Crippen LogP contribution in [0.3, 0.4) is 0 Å². The van der Waals surface area contributed by atoms with Gasteiger partial charge in [0, 0.05) is 24.7 Å². The van der Waals surface area contributed by atoms with Crippen LogP contribution in [0.4, 0.5) is 5.69 Å². The average Bonchev–Trinajstić information content (AvgIpc) is 2.47. The summed E-state index contributed by atoms with van der Waals surface area (Å²) in [6.45, 7) is 1.94. The standard InChI is InChI=1S/C16H22N2O/c19-16(12-14-8-3-4-10-17-14)18-11-5-7-13-6-1-2-9-15(13)18/h1-2,6,9,14,17H,3-5,7-8,10-12H2. The summed E-state index contributed by atoms with van der Waals surface area (Å²) in [5, 5.41) is 3.47. The number of anilines is 1. The molecule has 1 atom stereocenters. The summed E-state index contributed by atoms with van der Waals surface area (Å²) in [6.07, 6.45) is 6.47. The molecule has 0 saturated carbocycles. The molecular formula is C16H22N2O. The van der Waals surface area contributed by atoms with E-state index in [0.29, 0.717) is 12.5 Å². The maximum atomic E-state index is 12.5. The van der Waals surface area contributed by atoms with Crippen molar-refractivity contribution in [3.63, 3.8) is 0 Å². The first-order valence-corrected chi connectivity index (χ1v) is 7.46. The van der Waals surface area contributed by atoms with Crippen molar-refractivity contribution in [2.24, 2.45) is 0 Å². The predicted octanol–water partition coefficient (Wildman–Crippen LogP) is 2.50. The van der Waals surface area contributed by atoms with E-state index in [2.05, 4.69) is 23.5 Å². The third-order valence-electron chi connectivity index (χ3n) is 4.24. The molecular weight excluding hydrogens is 236 g/mol. The monoisotopic (exact) mass is 258 g/mol. The number of hydrogen-bond acceptors (Lipinski definition) is 2. The summed E-state index contributed by atoms with van der Waals surface area (Å²) in [5.41, 5.74) is 2.45. The zero-order valence-corrected chi connectivity index (χ0v) is 11.4. The Kier molecular flexibility index (Phi) is 3.83. The van der Waals surface area contributed by atoms with Gasteiger partial charge in [0.1, 0.15) is 0 Å². The number of aryl methyl sites for hydroxylation is 1. The number of benzene rings is 1. The van der Waals surface area contributed by atoms with E-state index in [0.717, 1.165) is 38.0 Å². The predicted molar refractivity (Wildman–Crippen MR) is 77.4 cm³/mol. The summed E-state index contributed by atoms with van der Waals surface area (Å²) >= 11 is 0. The van der Waals surface area contributed by atoms with Crippen LogP contribution < -0.4 is 10.2 Å². The number of nitrogens with zero attached hydrogens (tertiary/aromatic N) is 1. The molecule has 2 heterocycles. The maximum Gasteiger partial charge on any atom is 0.228 e. The normalized spacial score (nSPS) is 22.9. The Morgan fingerprint density at radius 2 is 2.16 bits per heavy atom. The molecule has 0 aromatic heterocycles. The van der Waals surface area contributed by atoms with Gasteiger partial charge < -0.3 is 10.2 Å². The van der Waals surface area contributed by atoms with E-state index >= 15 is 0 Å². The molecule has 2 aliphatic rings. The van der Waals surface area contributed by atoms with E-state index in [1.807, 2.05) is 11.0 Å². The maximum absolute atomic E-state index is 12.5. The van der Waals surface area contributed by atoms with Gasteiger partial charge in [0.15, 0.2) is 0 Å². The Morgan fingerprint density at radius 1 is 1.26 bits per heavy atom. The van der Waals surface area contributed by atoms with E-state index in [-0.39, 0.29) is 5.91 Å². The lowest BCUT2D eigenvalue weighted by atomic mass is 9.98. The smallest absolute Gasteiger partial charge is 0.228 e. The molecule has 0 radical (unpaired) electrons. The zero-order valence-electron chi connectivity index (χ0n) is 11.4. The molecule has 1 aromatic rings. The van der Waals surface area contributed by atoms with Gasteiger partial charge in [-0.3, -0.25) is 4.79 Å². The van der Waals surface area contributed by atoms with Crippen LogP contribution in [-0.2, 0) is 11.2 Å². The topological polar surface area (TPSA) is 32.3 Å². The van der Waals surface area contributed by atoms with Crippen LogP contribution in [0.5, 0.6) is 0 Å². The minimum Gasteiger partial charge on any atom is -0.313 e. The van der Waals surface area contributed by atoms with Gasteiger partial charge in [-0.1, -0.05) is 24.6 Å². The van der Waals surface area contributed by atoms with Crippen molar-refractivity contribution in [2.45, 2.75) is 44.6 Å². The SMILES string of the molecule is O=C(CC1CCCCN1)N1CCCc2ccccc21. The van der Waals surface area contributed by atoms with Gasteiger partial charge in [0.25, 0.3) is 0 Å². The second kappa shape index (κ2) is 5.74. The molecule has 1 fully saturated rings. The second-order valence-electron chi connectivity index (χ2n) is 5.63. The van der Waals surface area contributed by atoms with Gasteiger partial charge in [-0.25, -0.2) is 0 Å². The lowest BCUT2D eigenvalue weighted by Crippen LogP contribution is -2.42. The molecule has 0 spiro atoms. The molecule has 0 aliphatic carbocycles. The average molecular weight is 258 g/mol. The fourth-order valence-corrected chi connectivity index (χ4v) is 3.21. The molecule has 0 bridgehead atoms. The Labute approximate surface area is 115 Å². The van der Waals surface area contributed by atoms with Crippen molar-refractivity contribution in [3.05, 3.63) is 29.8 Å². The molecule has 102 valence electrons.